The van der Waals surface area contributed by atoms with Gasteiger partial charge in [-0.15, -0.1) is 0 Å². The molecular formula is C15H22N4O. The molecule has 5 nitrogen and oxygen atoms in total. The quantitative estimate of drug-likeness (QED) is 0.386. The fourth-order valence-electron chi connectivity index (χ4n) is 2.55. The van der Waals surface area contributed by atoms with Crippen molar-refractivity contribution in [2.75, 3.05) is 11.1 Å². The highest BCUT2D eigenvalue weighted by Gasteiger charge is 2.17. The van der Waals surface area contributed by atoms with Crippen molar-refractivity contribution in [1.29, 1.82) is 10.8 Å². The topological polar surface area (TPSA) is 95.0 Å². The van der Waals surface area contributed by atoms with Gasteiger partial charge in [-0.3, -0.25) is 10.8 Å². The van der Waals surface area contributed by atoms with Crippen molar-refractivity contribution in [3.8, 4) is 0 Å². The Morgan fingerprint density at radius 3 is 2.60 bits per heavy atom. The highest BCUT2D eigenvalue weighted by molar-refractivity contribution is 6.03. The molecule has 0 radical (unpaired) electrons. The number of ether oxygens (including phenoxy) is 1. The summed E-state index contributed by atoms with van der Waals surface area (Å²) < 4.78 is 5.09. The van der Waals surface area contributed by atoms with Crippen LogP contribution >= 0.6 is 0 Å². The Bertz CT molecular complexity index is 507. The molecule has 1 aromatic carbocycles. The van der Waals surface area contributed by atoms with Crippen LogP contribution in [0.2, 0.25) is 0 Å². The number of rotatable bonds is 3. The molecule has 108 valence electrons. The molecule has 0 atom stereocenters. The van der Waals surface area contributed by atoms with Gasteiger partial charge < -0.3 is 15.8 Å². The van der Waals surface area contributed by atoms with Crippen LogP contribution in [0.15, 0.2) is 18.2 Å². The van der Waals surface area contributed by atoms with E-state index in [1.165, 1.54) is 26.2 Å². The zero-order valence-corrected chi connectivity index (χ0v) is 11.8. The number of hydrogen-bond acceptors (Lipinski definition) is 5. The molecule has 0 bridgehead atoms. The summed E-state index contributed by atoms with van der Waals surface area (Å²) >= 11 is 0. The van der Waals surface area contributed by atoms with Crippen LogP contribution in [0.5, 0.6) is 0 Å². The minimum Gasteiger partial charge on any atom is -0.425 e. The van der Waals surface area contributed by atoms with Crippen LogP contribution in [0.4, 0.5) is 11.4 Å². The van der Waals surface area contributed by atoms with Gasteiger partial charge in [0.15, 0.2) is 5.90 Å². The highest BCUT2D eigenvalue weighted by Crippen LogP contribution is 2.25. The van der Waals surface area contributed by atoms with E-state index in [2.05, 4.69) is 5.32 Å². The second kappa shape index (κ2) is 6.41. The first kappa shape index (κ1) is 14.4. The number of benzene rings is 1. The Balaban J connectivity index is 2.18. The fraction of sp³-hybridized carbons (Fsp3) is 0.467. The van der Waals surface area contributed by atoms with Crippen molar-refractivity contribution in [2.45, 2.75) is 45.1 Å². The molecule has 0 unspecified atom stereocenters. The number of hydrogen-bond donors (Lipinski definition) is 4. The molecule has 1 saturated carbocycles. The normalized spacial score (nSPS) is 15.7. The Kier molecular flexibility index (Phi) is 4.61. The minimum atomic E-state index is -0.0388. The van der Waals surface area contributed by atoms with Crippen molar-refractivity contribution in [3.05, 3.63) is 23.8 Å². The standard InChI is InChI=1S/C15H22N4O/c1-10(16)20-15(18)13-9-11(17)7-8-14(13)19-12-5-3-2-4-6-12/h7-9,12,16,18-19H,2-6,17H2,1H3. The molecule has 1 aliphatic carbocycles. The maximum absolute atomic E-state index is 7.96. The molecule has 1 aliphatic rings. The zero-order chi connectivity index (χ0) is 14.5. The number of nitrogens with two attached hydrogens (primary N) is 1. The van der Waals surface area contributed by atoms with E-state index in [0.717, 1.165) is 18.5 Å². The van der Waals surface area contributed by atoms with E-state index in [0.29, 0.717) is 17.3 Å². The van der Waals surface area contributed by atoms with E-state index in [-0.39, 0.29) is 11.8 Å². The first-order valence-corrected chi connectivity index (χ1v) is 7.04. The Morgan fingerprint density at radius 2 is 1.95 bits per heavy atom. The summed E-state index contributed by atoms with van der Waals surface area (Å²) in [4.78, 5) is 0. The molecule has 1 aromatic rings. The molecule has 0 aliphatic heterocycles. The number of anilines is 2. The third-order valence-corrected chi connectivity index (χ3v) is 3.51. The molecule has 2 rings (SSSR count). The van der Waals surface area contributed by atoms with E-state index in [9.17, 15) is 0 Å². The summed E-state index contributed by atoms with van der Waals surface area (Å²) in [5.41, 5.74) is 7.86. The second-order valence-corrected chi connectivity index (χ2v) is 5.27. The van der Waals surface area contributed by atoms with Gasteiger partial charge in [0.05, 0.1) is 5.56 Å². The maximum Gasteiger partial charge on any atom is 0.223 e. The van der Waals surface area contributed by atoms with Crippen LogP contribution in [0.25, 0.3) is 0 Å². The van der Waals surface area contributed by atoms with E-state index < -0.39 is 0 Å². The molecule has 0 spiro atoms. The third-order valence-electron chi connectivity index (χ3n) is 3.51. The molecule has 5 N–H and O–H groups in total. The smallest absolute Gasteiger partial charge is 0.223 e. The lowest BCUT2D eigenvalue weighted by molar-refractivity contribution is 0.462. The predicted molar refractivity (Wildman–Crippen MR) is 82.7 cm³/mol. The van der Waals surface area contributed by atoms with Gasteiger partial charge in [-0.25, -0.2) is 0 Å². The SMILES string of the molecule is CC(=N)OC(=N)c1cc(N)ccc1NC1CCCCC1. The van der Waals surface area contributed by atoms with E-state index >= 15 is 0 Å². The van der Waals surface area contributed by atoms with Gasteiger partial charge in [-0.05, 0) is 31.0 Å². The van der Waals surface area contributed by atoms with E-state index in [4.69, 9.17) is 21.3 Å². The van der Waals surface area contributed by atoms with Crippen molar-refractivity contribution >= 4 is 23.2 Å². The molecule has 1 fully saturated rings. The van der Waals surface area contributed by atoms with Gasteiger partial charge >= 0.3 is 0 Å². The monoisotopic (exact) mass is 274 g/mol. The van der Waals surface area contributed by atoms with Gasteiger partial charge in [0.1, 0.15) is 0 Å². The first-order chi connectivity index (χ1) is 9.56. The van der Waals surface area contributed by atoms with Crippen LogP contribution in [0.3, 0.4) is 0 Å². The largest absolute Gasteiger partial charge is 0.425 e. The third kappa shape index (κ3) is 3.73. The molecule has 5 heteroatoms. The molecular weight excluding hydrogens is 252 g/mol. The van der Waals surface area contributed by atoms with E-state index in [1.807, 2.05) is 12.1 Å². The van der Waals surface area contributed by atoms with Gasteiger partial charge in [0, 0.05) is 24.3 Å². The second-order valence-electron chi connectivity index (χ2n) is 5.27. The van der Waals surface area contributed by atoms with Crippen LogP contribution < -0.4 is 11.1 Å². The molecule has 0 amide bonds. The van der Waals surface area contributed by atoms with Gasteiger partial charge in [-0.1, -0.05) is 19.3 Å². The minimum absolute atomic E-state index is 0.000964. The van der Waals surface area contributed by atoms with Crippen LogP contribution in [-0.2, 0) is 4.74 Å². The van der Waals surface area contributed by atoms with Crippen molar-refractivity contribution in [2.24, 2.45) is 0 Å². The van der Waals surface area contributed by atoms with Crippen molar-refractivity contribution < 1.29 is 4.74 Å². The predicted octanol–water partition coefficient (Wildman–Crippen LogP) is 3.35. The lowest BCUT2D eigenvalue weighted by Crippen LogP contribution is -2.24. The van der Waals surface area contributed by atoms with Crippen molar-refractivity contribution in [1.82, 2.24) is 0 Å². The summed E-state index contributed by atoms with van der Waals surface area (Å²) in [7, 11) is 0. The summed E-state index contributed by atoms with van der Waals surface area (Å²) in [5, 5.41) is 18.8. The molecule has 20 heavy (non-hydrogen) atoms. The van der Waals surface area contributed by atoms with Crippen LogP contribution in [0, 0.1) is 10.8 Å². The average molecular weight is 274 g/mol. The van der Waals surface area contributed by atoms with Crippen LogP contribution in [0.1, 0.15) is 44.6 Å². The molecule has 0 aromatic heterocycles. The maximum atomic E-state index is 7.96. The summed E-state index contributed by atoms with van der Waals surface area (Å²) in [6.07, 6.45) is 6.10. The summed E-state index contributed by atoms with van der Waals surface area (Å²) in [6, 6.07) is 5.87. The van der Waals surface area contributed by atoms with Crippen LogP contribution in [-0.4, -0.2) is 17.8 Å². The zero-order valence-electron chi connectivity index (χ0n) is 11.8. The lowest BCUT2D eigenvalue weighted by Gasteiger charge is -2.25. The van der Waals surface area contributed by atoms with Gasteiger partial charge in [-0.2, -0.15) is 0 Å². The van der Waals surface area contributed by atoms with Crippen molar-refractivity contribution in [3.63, 3.8) is 0 Å². The lowest BCUT2D eigenvalue weighted by atomic mass is 9.95. The summed E-state index contributed by atoms with van der Waals surface area (Å²) in [5.74, 6) is -0.0378. The molecule has 0 heterocycles. The highest BCUT2D eigenvalue weighted by atomic mass is 16.5. The van der Waals surface area contributed by atoms with E-state index in [1.54, 1.807) is 6.07 Å². The number of nitrogens with one attached hydrogen (secondary N) is 3. The Hall–Kier alpha value is -2.04. The first-order valence-electron chi connectivity index (χ1n) is 7.04. The van der Waals surface area contributed by atoms with Gasteiger partial charge in [0.25, 0.3) is 0 Å². The average Bonchev–Trinajstić information content (AvgIpc) is 2.41. The number of nitrogen functional groups attached to an aromatic ring is 1. The summed E-state index contributed by atoms with van der Waals surface area (Å²) in [6.45, 7) is 1.51. The Morgan fingerprint density at radius 1 is 1.25 bits per heavy atom. The van der Waals surface area contributed by atoms with Gasteiger partial charge in [0.2, 0.25) is 5.90 Å². The molecule has 0 saturated heterocycles. The fourth-order valence-corrected chi connectivity index (χ4v) is 2.55. The Labute approximate surface area is 119 Å².